The number of nitrogens with zero attached hydrogens (tertiary/aromatic N) is 3. The van der Waals surface area contributed by atoms with Gasteiger partial charge in [-0.1, -0.05) is 28.1 Å². The predicted molar refractivity (Wildman–Crippen MR) is 131 cm³/mol. The van der Waals surface area contributed by atoms with Crippen molar-refractivity contribution in [3.05, 3.63) is 64.1 Å². The molecule has 2 aromatic rings. The van der Waals surface area contributed by atoms with Crippen molar-refractivity contribution in [2.24, 2.45) is 0 Å². The average Bonchev–Trinajstić information content (AvgIpc) is 3.17. The molecule has 0 saturated carbocycles. The fourth-order valence-corrected chi connectivity index (χ4v) is 4.56. The lowest BCUT2D eigenvalue weighted by Gasteiger charge is -2.36. The third kappa shape index (κ3) is 5.84. The van der Waals surface area contributed by atoms with Gasteiger partial charge in [0.05, 0.1) is 30.3 Å². The van der Waals surface area contributed by atoms with E-state index in [0.717, 1.165) is 22.5 Å². The standard InChI is InChI=1S/C25H26BrN3O6/c26-19-5-1-17(2-6-19)22(31)16-35-25(34)18-3-7-20(8-4-18)29-23(32)15-21(24(29)33)28-11-9-27(10-12-28)13-14-30/h1-8,21,30H,9-16H2. The van der Waals surface area contributed by atoms with Gasteiger partial charge in [0.1, 0.15) is 0 Å². The quantitative estimate of drug-likeness (QED) is 0.304. The van der Waals surface area contributed by atoms with Crippen molar-refractivity contribution in [1.82, 2.24) is 9.80 Å². The van der Waals surface area contributed by atoms with E-state index in [1.54, 1.807) is 24.3 Å². The summed E-state index contributed by atoms with van der Waals surface area (Å²) in [6, 6.07) is 12.3. The molecular weight excluding hydrogens is 518 g/mol. The number of anilines is 1. The number of benzene rings is 2. The number of carbonyl (C=O) groups excluding carboxylic acids is 4. The zero-order chi connectivity index (χ0) is 24.9. The van der Waals surface area contributed by atoms with Gasteiger partial charge in [-0.3, -0.25) is 24.2 Å². The molecule has 2 aromatic carbocycles. The second-order valence-corrected chi connectivity index (χ2v) is 9.36. The second kappa shape index (κ2) is 11.2. The molecule has 0 radical (unpaired) electrons. The van der Waals surface area contributed by atoms with Crippen LogP contribution in [0.5, 0.6) is 0 Å². The maximum Gasteiger partial charge on any atom is 0.338 e. The van der Waals surface area contributed by atoms with Crippen LogP contribution in [-0.4, -0.2) is 90.5 Å². The number of aliphatic hydroxyl groups excluding tert-OH is 1. The number of amides is 2. The number of hydrogen-bond donors (Lipinski definition) is 1. The number of hydrogen-bond acceptors (Lipinski definition) is 8. The summed E-state index contributed by atoms with van der Waals surface area (Å²) in [7, 11) is 0. The summed E-state index contributed by atoms with van der Waals surface area (Å²) in [5.74, 6) is -1.55. The molecule has 35 heavy (non-hydrogen) atoms. The molecule has 0 spiro atoms. The van der Waals surface area contributed by atoms with Gasteiger partial charge in [-0.05, 0) is 36.4 Å². The highest BCUT2D eigenvalue weighted by molar-refractivity contribution is 9.10. The minimum atomic E-state index is -0.667. The van der Waals surface area contributed by atoms with Crippen molar-refractivity contribution in [2.75, 3.05) is 50.8 Å². The van der Waals surface area contributed by atoms with Crippen molar-refractivity contribution >= 4 is 45.2 Å². The number of esters is 1. The van der Waals surface area contributed by atoms with Crippen molar-refractivity contribution in [2.45, 2.75) is 12.5 Å². The number of Topliss-reactive ketones (excluding diaryl/α,β-unsaturated/α-hetero) is 1. The molecule has 1 N–H and O–H groups in total. The Balaban J connectivity index is 1.34. The van der Waals surface area contributed by atoms with Gasteiger partial charge in [-0.2, -0.15) is 0 Å². The van der Waals surface area contributed by atoms with Crippen LogP contribution in [0.2, 0.25) is 0 Å². The van der Waals surface area contributed by atoms with E-state index in [-0.39, 0.29) is 36.2 Å². The first-order valence-corrected chi connectivity index (χ1v) is 12.2. The molecule has 1 atom stereocenters. The van der Waals surface area contributed by atoms with Gasteiger partial charge < -0.3 is 9.84 Å². The van der Waals surface area contributed by atoms with Crippen LogP contribution in [-0.2, 0) is 14.3 Å². The van der Waals surface area contributed by atoms with Crippen LogP contribution < -0.4 is 4.90 Å². The van der Waals surface area contributed by atoms with Gasteiger partial charge in [0.25, 0.3) is 5.91 Å². The molecule has 2 saturated heterocycles. The van der Waals surface area contributed by atoms with Crippen LogP contribution in [0, 0.1) is 0 Å². The van der Waals surface area contributed by atoms with Gasteiger partial charge >= 0.3 is 5.97 Å². The largest absolute Gasteiger partial charge is 0.454 e. The molecular formula is C25H26BrN3O6. The number of piperazine rings is 1. The molecule has 2 heterocycles. The summed E-state index contributed by atoms with van der Waals surface area (Å²) in [5, 5.41) is 9.09. The van der Waals surface area contributed by atoms with Crippen molar-refractivity contribution in [3.8, 4) is 0 Å². The molecule has 0 bridgehead atoms. The normalized spacial score (nSPS) is 19.3. The van der Waals surface area contributed by atoms with Gasteiger partial charge in [-0.15, -0.1) is 0 Å². The Kier molecular flexibility index (Phi) is 8.07. The zero-order valence-corrected chi connectivity index (χ0v) is 20.6. The van der Waals surface area contributed by atoms with Crippen LogP contribution >= 0.6 is 15.9 Å². The number of aliphatic hydroxyl groups is 1. The highest BCUT2D eigenvalue weighted by Crippen LogP contribution is 2.27. The van der Waals surface area contributed by atoms with E-state index >= 15 is 0 Å². The molecule has 10 heteroatoms. The first-order chi connectivity index (χ1) is 16.9. The van der Waals surface area contributed by atoms with Crippen LogP contribution in [0.25, 0.3) is 0 Å². The summed E-state index contributed by atoms with van der Waals surface area (Å²) >= 11 is 3.30. The summed E-state index contributed by atoms with van der Waals surface area (Å²) in [4.78, 5) is 55.6. The molecule has 2 aliphatic heterocycles. The Morgan fingerprint density at radius 2 is 1.57 bits per heavy atom. The number of ketones is 1. The smallest absolute Gasteiger partial charge is 0.338 e. The van der Waals surface area contributed by atoms with E-state index in [1.807, 2.05) is 4.90 Å². The fourth-order valence-electron chi connectivity index (χ4n) is 4.29. The molecule has 184 valence electrons. The molecule has 2 aliphatic rings. The third-order valence-corrected chi connectivity index (χ3v) is 6.78. The third-order valence-electron chi connectivity index (χ3n) is 6.25. The van der Waals surface area contributed by atoms with E-state index < -0.39 is 18.6 Å². The highest BCUT2D eigenvalue weighted by atomic mass is 79.9. The van der Waals surface area contributed by atoms with Crippen LogP contribution in [0.15, 0.2) is 53.0 Å². The Morgan fingerprint density at radius 1 is 0.943 bits per heavy atom. The van der Waals surface area contributed by atoms with Crippen molar-refractivity contribution < 1.29 is 29.0 Å². The van der Waals surface area contributed by atoms with E-state index in [1.165, 1.54) is 24.3 Å². The van der Waals surface area contributed by atoms with E-state index in [2.05, 4.69) is 20.8 Å². The second-order valence-electron chi connectivity index (χ2n) is 8.44. The average molecular weight is 544 g/mol. The molecule has 0 aliphatic carbocycles. The maximum atomic E-state index is 13.1. The zero-order valence-electron chi connectivity index (χ0n) is 19.1. The number of ether oxygens (including phenoxy) is 1. The SMILES string of the molecule is O=C(COC(=O)c1ccc(N2C(=O)CC(N3CCN(CCO)CC3)C2=O)cc1)c1ccc(Br)cc1. The summed E-state index contributed by atoms with van der Waals surface area (Å²) < 4.78 is 5.97. The van der Waals surface area contributed by atoms with Gasteiger partial charge in [0, 0.05) is 42.8 Å². The minimum absolute atomic E-state index is 0.0969. The lowest BCUT2D eigenvalue weighted by molar-refractivity contribution is -0.123. The fraction of sp³-hybridized carbons (Fsp3) is 0.360. The Morgan fingerprint density at radius 3 is 2.20 bits per heavy atom. The van der Waals surface area contributed by atoms with Gasteiger partial charge in [0.2, 0.25) is 5.91 Å². The van der Waals surface area contributed by atoms with Crippen LogP contribution in [0.4, 0.5) is 5.69 Å². The topological polar surface area (TPSA) is 107 Å². The molecule has 2 amide bonds. The number of rotatable bonds is 8. The van der Waals surface area contributed by atoms with E-state index in [0.29, 0.717) is 30.9 Å². The number of carbonyl (C=O) groups is 4. The minimum Gasteiger partial charge on any atom is -0.454 e. The first-order valence-electron chi connectivity index (χ1n) is 11.4. The lowest BCUT2D eigenvalue weighted by atomic mass is 10.1. The summed E-state index contributed by atoms with van der Waals surface area (Å²) in [5.41, 5.74) is 1.05. The highest BCUT2D eigenvalue weighted by Gasteiger charge is 2.43. The van der Waals surface area contributed by atoms with Gasteiger partial charge in [0.15, 0.2) is 12.4 Å². The Hall–Kier alpha value is -2.92. The lowest BCUT2D eigenvalue weighted by Crippen LogP contribution is -2.52. The number of imide groups is 1. The Bertz CT molecular complexity index is 1100. The van der Waals surface area contributed by atoms with Crippen molar-refractivity contribution in [1.29, 1.82) is 0 Å². The number of β-amino-alcohol motifs (C(OH)–C–C–N with tert-alkyl or cyclic N) is 1. The van der Waals surface area contributed by atoms with Crippen LogP contribution in [0.1, 0.15) is 27.1 Å². The molecule has 4 rings (SSSR count). The predicted octanol–water partition coefficient (Wildman–Crippen LogP) is 1.73. The molecule has 9 nitrogen and oxygen atoms in total. The first kappa shape index (κ1) is 25.2. The molecule has 2 fully saturated rings. The number of halogens is 1. The van der Waals surface area contributed by atoms with Gasteiger partial charge in [-0.25, -0.2) is 9.69 Å². The van der Waals surface area contributed by atoms with E-state index in [4.69, 9.17) is 9.84 Å². The maximum absolute atomic E-state index is 13.1. The molecule has 1 unspecified atom stereocenters. The van der Waals surface area contributed by atoms with Crippen molar-refractivity contribution in [3.63, 3.8) is 0 Å². The molecule has 0 aromatic heterocycles. The monoisotopic (exact) mass is 543 g/mol. The summed E-state index contributed by atoms with van der Waals surface area (Å²) in [6.07, 6.45) is 0.112. The van der Waals surface area contributed by atoms with Crippen LogP contribution in [0.3, 0.4) is 0 Å². The van der Waals surface area contributed by atoms with E-state index in [9.17, 15) is 19.2 Å². The Labute approximate surface area is 211 Å². The summed E-state index contributed by atoms with van der Waals surface area (Å²) in [6.45, 7) is 3.09.